The van der Waals surface area contributed by atoms with E-state index in [2.05, 4.69) is 54.6 Å². The Morgan fingerprint density at radius 1 is 0.628 bits per heavy atom. The second-order valence-electron chi connectivity index (χ2n) is 10.6. The molecule has 0 unspecified atom stereocenters. The molecule has 0 fully saturated rings. The summed E-state index contributed by atoms with van der Waals surface area (Å²) in [5.41, 5.74) is 2.86. The number of fused-ring (bicyclic) bond motifs is 13. The largest absolute Gasteiger partial charge is 0.437 e. The molecule has 4 nitrogen and oxygen atoms in total. The predicted octanol–water partition coefficient (Wildman–Crippen LogP) is 10.7. The summed E-state index contributed by atoms with van der Waals surface area (Å²) in [6.07, 6.45) is 0. The van der Waals surface area contributed by atoms with Gasteiger partial charge in [0.15, 0.2) is 0 Å². The lowest BCUT2D eigenvalue weighted by molar-refractivity contribution is 0.651. The van der Waals surface area contributed by atoms with Crippen LogP contribution in [-0.2, 0) is 0 Å². The number of hydrogen-bond acceptors (Lipinski definition) is 4. The Hall–Kier alpha value is -5.52. The van der Waals surface area contributed by atoms with Crippen LogP contribution >= 0.6 is 11.3 Å². The van der Waals surface area contributed by atoms with Gasteiger partial charge in [-0.2, -0.15) is 4.98 Å². The van der Waals surface area contributed by atoms with Crippen molar-refractivity contribution >= 4 is 86.2 Å². The van der Waals surface area contributed by atoms with Crippen molar-refractivity contribution in [2.45, 2.75) is 0 Å². The molecule has 0 saturated carbocycles. The van der Waals surface area contributed by atoms with Crippen molar-refractivity contribution < 1.29 is 11.3 Å². The molecular weight excluding hydrogens is 547 g/mol. The van der Waals surface area contributed by atoms with Crippen LogP contribution in [0.2, 0.25) is 0 Å². The molecule has 0 aliphatic heterocycles. The Balaban J connectivity index is 1.46. The van der Waals surface area contributed by atoms with Crippen LogP contribution in [0.3, 0.4) is 0 Å². The van der Waals surface area contributed by atoms with Crippen molar-refractivity contribution in [1.29, 1.82) is 0 Å². The molecule has 0 bridgehead atoms. The van der Waals surface area contributed by atoms with Crippen LogP contribution in [0.25, 0.3) is 92.0 Å². The Bertz CT molecular complexity index is 3000. The van der Waals surface area contributed by atoms with Gasteiger partial charge in [0.25, 0.3) is 0 Å². The van der Waals surface area contributed by atoms with Crippen molar-refractivity contribution in [2.24, 2.45) is 0 Å². The van der Waals surface area contributed by atoms with Gasteiger partial charge in [-0.3, -0.25) is 4.57 Å². The monoisotopic (exact) mass is 572 g/mol. The average Bonchev–Trinajstić information content (AvgIpc) is 3.80. The Labute approximate surface area is 256 Å². The van der Waals surface area contributed by atoms with Gasteiger partial charge in [0, 0.05) is 47.3 Å². The number of benzene rings is 6. The van der Waals surface area contributed by atoms with Gasteiger partial charge in [-0.25, -0.2) is 4.98 Å². The second-order valence-corrected chi connectivity index (χ2v) is 11.6. The maximum Gasteiger partial charge on any atom is 0.238 e. The number of para-hydroxylation sites is 2. The Morgan fingerprint density at radius 2 is 1.33 bits per heavy atom. The summed E-state index contributed by atoms with van der Waals surface area (Å²) in [5.74, 6) is 0.279. The Kier molecular flexibility index (Phi) is 3.72. The summed E-state index contributed by atoms with van der Waals surface area (Å²) in [7, 11) is 0. The first kappa shape index (κ1) is 18.8. The maximum atomic E-state index is 8.92. The number of hydrogen-bond donors (Lipinski definition) is 0. The first-order valence-electron chi connectivity index (χ1n) is 16.4. The van der Waals surface area contributed by atoms with Gasteiger partial charge in [-0.05, 0) is 23.6 Å². The lowest BCUT2D eigenvalue weighted by Gasteiger charge is -2.11. The second kappa shape index (κ2) is 8.51. The lowest BCUT2D eigenvalue weighted by atomic mass is 10.00. The molecule has 10 aromatic rings. The summed E-state index contributed by atoms with van der Waals surface area (Å²) >= 11 is 1.75. The maximum absolute atomic E-state index is 8.92. The number of aromatic nitrogens is 3. The van der Waals surface area contributed by atoms with E-state index in [1.807, 2.05) is 47.0 Å². The highest BCUT2D eigenvalue weighted by molar-refractivity contribution is 7.27. The van der Waals surface area contributed by atoms with E-state index in [4.69, 9.17) is 21.2 Å². The third-order valence-electron chi connectivity index (χ3n) is 8.31. The number of rotatable bonds is 2. The summed E-state index contributed by atoms with van der Waals surface area (Å²) in [6, 6.07) is 30.4. The third kappa shape index (κ3) is 3.09. The minimum Gasteiger partial charge on any atom is -0.437 e. The van der Waals surface area contributed by atoms with Crippen LogP contribution < -0.4 is 0 Å². The zero-order valence-corrected chi connectivity index (χ0v) is 23.2. The van der Waals surface area contributed by atoms with Gasteiger partial charge < -0.3 is 4.42 Å². The van der Waals surface area contributed by atoms with Crippen molar-refractivity contribution in [2.75, 3.05) is 0 Å². The Morgan fingerprint density at radius 3 is 2.19 bits per heavy atom. The van der Waals surface area contributed by atoms with Gasteiger partial charge in [0.05, 0.1) is 29.0 Å². The molecule has 0 saturated heterocycles. The van der Waals surface area contributed by atoms with E-state index in [0.29, 0.717) is 16.4 Å². The fourth-order valence-electron chi connectivity index (χ4n) is 6.59. The highest BCUT2D eigenvalue weighted by atomic mass is 32.1. The predicted molar refractivity (Wildman–Crippen MR) is 179 cm³/mol. The van der Waals surface area contributed by atoms with Crippen LogP contribution in [0.1, 0.15) is 6.85 Å². The fourth-order valence-corrected chi connectivity index (χ4v) is 7.83. The van der Waals surface area contributed by atoms with Crippen LogP contribution in [-0.4, -0.2) is 14.5 Å². The van der Waals surface area contributed by atoms with E-state index in [0.717, 1.165) is 52.8 Å². The average molecular weight is 573 g/mol. The minimum absolute atomic E-state index is 0.00134. The van der Waals surface area contributed by atoms with Crippen molar-refractivity contribution in [3.63, 3.8) is 0 Å². The van der Waals surface area contributed by atoms with E-state index in [9.17, 15) is 0 Å². The molecule has 4 aromatic heterocycles. The fraction of sp³-hybridized carbons (Fsp3) is 0. The first-order chi connectivity index (χ1) is 23.4. The molecule has 200 valence electrons. The van der Waals surface area contributed by atoms with Crippen molar-refractivity contribution in [3.8, 4) is 17.2 Å². The van der Waals surface area contributed by atoms with E-state index in [1.165, 1.54) is 0 Å². The summed E-state index contributed by atoms with van der Waals surface area (Å²) in [6.45, 7) is 0. The number of thiophene rings is 1. The van der Waals surface area contributed by atoms with Gasteiger partial charge in [-0.1, -0.05) is 109 Å². The highest BCUT2D eigenvalue weighted by Gasteiger charge is 2.24. The van der Waals surface area contributed by atoms with Crippen molar-refractivity contribution in [3.05, 3.63) is 127 Å². The minimum atomic E-state index is -0.461. The summed E-state index contributed by atoms with van der Waals surface area (Å²) in [4.78, 5) is 10.2. The van der Waals surface area contributed by atoms with E-state index >= 15 is 0 Å². The van der Waals surface area contributed by atoms with Gasteiger partial charge >= 0.3 is 0 Å². The van der Waals surface area contributed by atoms with E-state index < -0.39 is 18.1 Å². The number of furan rings is 1. The molecule has 10 rings (SSSR count). The molecule has 5 heteroatoms. The molecule has 43 heavy (non-hydrogen) atoms. The molecule has 0 radical (unpaired) electrons. The van der Waals surface area contributed by atoms with E-state index in [-0.39, 0.29) is 35.0 Å². The molecular formula is C38H21N3OS. The third-order valence-corrected chi connectivity index (χ3v) is 9.52. The lowest BCUT2D eigenvalue weighted by Crippen LogP contribution is -2.03. The topological polar surface area (TPSA) is 43.9 Å². The molecule has 0 N–H and O–H groups in total. The van der Waals surface area contributed by atoms with Crippen LogP contribution in [0, 0.1) is 0 Å². The SMILES string of the molecule is [2H]c1c([2H])c([2H])c(-c2nc(-n3c4ccccc4c4c5ccccc5c5sc6ccccc6c5c43)nc3oc4ccccc4c23)c([2H])c1[2H]. The molecule has 0 aliphatic carbocycles. The zero-order valence-electron chi connectivity index (χ0n) is 27.4. The quantitative estimate of drug-likeness (QED) is 0.207. The smallest absolute Gasteiger partial charge is 0.238 e. The van der Waals surface area contributed by atoms with Crippen LogP contribution in [0.5, 0.6) is 0 Å². The number of nitrogens with zero attached hydrogens (tertiary/aromatic N) is 3. The van der Waals surface area contributed by atoms with Crippen LogP contribution in [0.15, 0.2) is 132 Å². The van der Waals surface area contributed by atoms with Gasteiger partial charge in [0.1, 0.15) is 5.58 Å². The van der Waals surface area contributed by atoms with Gasteiger partial charge in [0.2, 0.25) is 11.7 Å². The molecule has 0 aliphatic rings. The molecule has 0 amide bonds. The van der Waals surface area contributed by atoms with Crippen molar-refractivity contribution in [1.82, 2.24) is 14.5 Å². The molecule has 0 spiro atoms. The summed E-state index contributed by atoms with van der Waals surface area (Å²) < 4.78 is 53.7. The molecule has 6 aromatic carbocycles. The first-order valence-corrected chi connectivity index (χ1v) is 14.8. The van der Waals surface area contributed by atoms with E-state index in [1.54, 1.807) is 11.3 Å². The molecule has 4 heterocycles. The standard InChI is InChI=1S/C38H21N3OS/c1-2-12-22(13-3-1)34-32-26-17-7-10-20-29(26)42-37(32)40-38(39-34)41-28-19-9-6-16-25(28)31-23-14-4-5-15-24(23)36-33(35(31)41)27-18-8-11-21-30(27)43-36/h1-21H/i1D,2D,3D,12D,13D. The van der Waals surface area contributed by atoms with Gasteiger partial charge in [-0.15, -0.1) is 11.3 Å². The van der Waals surface area contributed by atoms with Crippen LogP contribution in [0.4, 0.5) is 0 Å². The zero-order chi connectivity index (χ0) is 32.4. The highest BCUT2D eigenvalue weighted by Crippen LogP contribution is 2.48. The normalized spacial score (nSPS) is 13.8. The molecule has 0 atom stereocenters. The summed E-state index contributed by atoms with van der Waals surface area (Å²) in [5, 5.41) is 7.75.